The molecule has 0 bridgehead atoms. The highest BCUT2D eigenvalue weighted by molar-refractivity contribution is 6.17. The van der Waals surface area contributed by atoms with E-state index in [0.29, 0.717) is 5.71 Å². The van der Waals surface area contributed by atoms with Crippen LogP contribution in [-0.4, -0.2) is 35.7 Å². The van der Waals surface area contributed by atoms with Gasteiger partial charge in [-0.05, 0) is 53.1 Å². The lowest BCUT2D eigenvalue weighted by atomic mass is 10.0. The topological polar surface area (TPSA) is 87.5 Å². The first kappa shape index (κ1) is 27.2. The number of fused-ring (bicyclic) bond motifs is 1. The van der Waals surface area contributed by atoms with E-state index in [4.69, 9.17) is 0 Å². The van der Waals surface area contributed by atoms with E-state index in [-0.39, 0.29) is 29.0 Å². The van der Waals surface area contributed by atoms with Crippen molar-refractivity contribution in [3.8, 4) is 11.1 Å². The molecule has 39 heavy (non-hydrogen) atoms. The summed E-state index contributed by atoms with van der Waals surface area (Å²) in [5, 5.41) is 2.57. The third kappa shape index (κ3) is 6.92. The normalized spacial score (nSPS) is 12.6. The number of nitrogens with zero attached hydrogens (tertiary/aromatic N) is 4. The van der Waals surface area contributed by atoms with Crippen LogP contribution in [0.5, 0.6) is 0 Å². The number of carbonyl (C=O) groups is 1. The quantitative estimate of drug-likeness (QED) is 0.364. The van der Waals surface area contributed by atoms with Crippen LogP contribution in [0.25, 0.3) is 11.1 Å². The van der Waals surface area contributed by atoms with Crippen LogP contribution >= 0.6 is 0 Å². The first-order valence-corrected chi connectivity index (χ1v) is 11.8. The summed E-state index contributed by atoms with van der Waals surface area (Å²) in [6.07, 6.45) is 0.248. The van der Waals surface area contributed by atoms with Gasteiger partial charge in [0.25, 0.3) is 5.56 Å². The van der Waals surface area contributed by atoms with Crippen LogP contribution in [0.4, 0.5) is 30.2 Å². The van der Waals surface area contributed by atoms with Gasteiger partial charge in [0.05, 0.1) is 34.8 Å². The van der Waals surface area contributed by atoms with Gasteiger partial charge in [0.15, 0.2) is 0 Å². The van der Waals surface area contributed by atoms with E-state index in [0.717, 1.165) is 22.8 Å². The Morgan fingerprint density at radius 2 is 1.56 bits per heavy atom. The Bertz CT molecular complexity index is 1550. The molecular formula is C29H24F3N5O2. The van der Waals surface area contributed by atoms with E-state index in [1.807, 2.05) is 36.4 Å². The standard InChI is InChI=1S/C23H19F3N4O.C6H5NO/c1-30(2)21-12-20-19(11-17(21)23(24,25)26)29-22(31)13-18(28-20)16-5-3-4-15(10-16)14-6-8-27-9-7-14;8-6-4-2-1-3-5-7-6/h3-12H,13H2,1-2H3,(H,29,31);1-5H. The molecule has 0 unspecified atom stereocenters. The molecule has 7 nitrogen and oxygen atoms in total. The van der Waals surface area contributed by atoms with Crippen molar-refractivity contribution in [1.82, 2.24) is 9.97 Å². The number of nitrogens with one attached hydrogen (secondary N) is 1. The van der Waals surface area contributed by atoms with Gasteiger partial charge in [-0.25, -0.2) is 4.98 Å². The van der Waals surface area contributed by atoms with Crippen LogP contribution in [0, 0.1) is 0 Å². The average molecular weight is 532 g/mol. The van der Waals surface area contributed by atoms with Gasteiger partial charge >= 0.3 is 6.18 Å². The highest BCUT2D eigenvalue weighted by Gasteiger charge is 2.36. The number of benzene rings is 2. The minimum atomic E-state index is -4.56. The van der Waals surface area contributed by atoms with E-state index in [1.54, 1.807) is 30.6 Å². The molecule has 2 aromatic carbocycles. The fraction of sp³-hybridized carbons (Fsp3) is 0.138. The van der Waals surface area contributed by atoms with Crippen LogP contribution < -0.4 is 15.8 Å². The van der Waals surface area contributed by atoms with Crippen molar-refractivity contribution in [3.05, 3.63) is 113 Å². The number of pyridine rings is 1. The maximum Gasteiger partial charge on any atom is 0.418 e. The van der Waals surface area contributed by atoms with E-state index >= 15 is 0 Å². The maximum absolute atomic E-state index is 13.5. The highest BCUT2D eigenvalue weighted by atomic mass is 19.4. The van der Waals surface area contributed by atoms with Gasteiger partial charge in [0.2, 0.25) is 5.91 Å². The third-order valence-electron chi connectivity index (χ3n) is 5.72. The van der Waals surface area contributed by atoms with E-state index in [1.165, 1.54) is 37.3 Å². The summed E-state index contributed by atoms with van der Waals surface area (Å²) in [6, 6.07) is 20.1. The fourth-order valence-corrected chi connectivity index (χ4v) is 3.90. The van der Waals surface area contributed by atoms with E-state index in [2.05, 4.69) is 20.3 Å². The summed E-state index contributed by atoms with van der Waals surface area (Å²) in [6.45, 7) is 0. The number of anilines is 2. The molecule has 1 aliphatic heterocycles. The molecule has 0 fully saturated rings. The zero-order valence-electron chi connectivity index (χ0n) is 21.1. The lowest BCUT2D eigenvalue weighted by Gasteiger charge is -2.21. The van der Waals surface area contributed by atoms with Crippen molar-refractivity contribution in [2.24, 2.45) is 4.99 Å². The SMILES string of the molecule is CN(C)c1cc2c(cc1C(F)(F)F)NC(=O)CC(c1cccc(-c3ccncc3)c1)=N2.O=c1cccccn1. The number of amides is 1. The van der Waals surface area contributed by atoms with Gasteiger partial charge in [0, 0.05) is 38.8 Å². The summed E-state index contributed by atoms with van der Waals surface area (Å²) in [5.74, 6) is -0.419. The first-order chi connectivity index (χ1) is 18.6. The molecule has 10 heteroatoms. The molecule has 1 amide bonds. The molecule has 0 spiro atoms. The zero-order valence-corrected chi connectivity index (χ0v) is 21.1. The first-order valence-electron chi connectivity index (χ1n) is 11.8. The molecule has 1 aliphatic rings. The van der Waals surface area contributed by atoms with Crippen molar-refractivity contribution in [2.45, 2.75) is 12.6 Å². The Kier molecular flexibility index (Phi) is 8.14. The van der Waals surface area contributed by atoms with Crippen molar-refractivity contribution < 1.29 is 18.0 Å². The molecule has 0 saturated heterocycles. The van der Waals surface area contributed by atoms with Crippen molar-refractivity contribution in [2.75, 3.05) is 24.3 Å². The number of carbonyl (C=O) groups excluding carboxylic acids is 1. The van der Waals surface area contributed by atoms with Gasteiger partial charge < -0.3 is 10.2 Å². The number of rotatable bonds is 3. The van der Waals surface area contributed by atoms with E-state index in [9.17, 15) is 22.8 Å². The molecule has 0 saturated carbocycles. The van der Waals surface area contributed by atoms with Crippen LogP contribution in [0.2, 0.25) is 0 Å². The molecule has 0 atom stereocenters. The Labute approximate surface area is 222 Å². The Morgan fingerprint density at radius 1 is 0.821 bits per heavy atom. The number of hydrogen-bond acceptors (Lipinski definition) is 6. The van der Waals surface area contributed by atoms with Gasteiger partial charge in [0.1, 0.15) is 0 Å². The van der Waals surface area contributed by atoms with Crippen molar-refractivity contribution in [1.29, 1.82) is 0 Å². The Balaban J connectivity index is 0.000000379. The second-order valence-corrected chi connectivity index (χ2v) is 8.74. The number of alkyl halides is 3. The molecule has 3 heterocycles. The predicted molar refractivity (Wildman–Crippen MR) is 145 cm³/mol. The monoisotopic (exact) mass is 531 g/mol. The van der Waals surface area contributed by atoms with Gasteiger partial charge in [-0.3, -0.25) is 19.6 Å². The Hall–Kier alpha value is -4.86. The van der Waals surface area contributed by atoms with Crippen molar-refractivity contribution >= 4 is 28.7 Å². The van der Waals surface area contributed by atoms with Crippen LogP contribution in [0.1, 0.15) is 17.5 Å². The van der Waals surface area contributed by atoms with Crippen molar-refractivity contribution in [3.63, 3.8) is 0 Å². The number of aliphatic imine (C=N–C) groups is 1. The Morgan fingerprint density at radius 3 is 2.28 bits per heavy atom. The zero-order chi connectivity index (χ0) is 28.0. The largest absolute Gasteiger partial charge is 0.418 e. The second kappa shape index (κ2) is 11.7. The molecule has 0 aliphatic carbocycles. The van der Waals surface area contributed by atoms with Gasteiger partial charge in [-0.1, -0.05) is 30.3 Å². The second-order valence-electron chi connectivity index (χ2n) is 8.74. The molecule has 1 N–H and O–H groups in total. The third-order valence-corrected chi connectivity index (χ3v) is 5.72. The summed E-state index contributed by atoms with van der Waals surface area (Å²) >= 11 is 0. The summed E-state index contributed by atoms with van der Waals surface area (Å²) in [7, 11) is 3.07. The molecule has 4 aromatic rings. The molecule has 0 radical (unpaired) electrons. The fourth-order valence-electron chi connectivity index (χ4n) is 3.90. The lowest BCUT2D eigenvalue weighted by Crippen LogP contribution is -2.18. The highest BCUT2D eigenvalue weighted by Crippen LogP contribution is 2.43. The van der Waals surface area contributed by atoms with Gasteiger partial charge in [-0.15, -0.1) is 0 Å². The number of hydrogen-bond donors (Lipinski definition) is 1. The molecule has 2 aromatic heterocycles. The average Bonchev–Trinajstić information content (AvgIpc) is 3.25. The minimum absolute atomic E-state index is 0.0176. The number of halogens is 3. The smallest absolute Gasteiger partial charge is 0.377 e. The lowest BCUT2D eigenvalue weighted by molar-refractivity contribution is -0.137. The summed E-state index contributed by atoms with van der Waals surface area (Å²) in [5.41, 5.74) is 2.38. The predicted octanol–water partition coefficient (Wildman–Crippen LogP) is 5.74. The van der Waals surface area contributed by atoms with Crippen LogP contribution in [0.3, 0.4) is 0 Å². The van der Waals surface area contributed by atoms with E-state index < -0.39 is 17.6 Å². The maximum atomic E-state index is 13.5. The van der Waals surface area contributed by atoms with Crippen LogP contribution in [0.15, 0.2) is 101 Å². The molecule has 198 valence electrons. The van der Waals surface area contributed by atoms with Gasteiger partial charge in [-0.2, -0.15) is 13.2 Å². The summed E-state index contributed by atoms with van der Waals surface area (Å²) in [4.78, 5) is 36.3. The molecular weight excluding hydrogens is 507 g/mol. The number of aromatic nitrogens is 2. The van der Waals surface area contributed by atoms with Crippen LogP contribution in [-0.2, 0) is 11.0 Å². The molecule has 5 rings (SSSR count). The summed E-state index contributed by atoms with van der Waals surface area (Å²) < 4.78 is 40.6. The minimum Gasteiger partial charge on any atom is -0.377 e.